The molecular weight excluding hydrogens is 736 g/mol. The first-order valence-corrected chi connectivity index (χ1v) is 22.5. The minimum atomic E-state index is -4.79. The van der Waals surface area contributed by atoms with Gasteiger partial charge in [-0.25, -0.2) is 0 Å². The molecule has 2 spiro atoms. The zero-order valence-corrected chi connectivity index (χ0v) is 33.6. The molecule has 294 valence electrons. The summed E-state index contributed by atoms with van der Waals surface area (Å²) in [6.07, 6.45) is 6.13. The molecular formula is C52H46BF3N2O. The maximum atomic E-state index is 14.6. The summed E-state index contributed by atoms with van der Waals surface area (Å²) in [5, 5.41) is 0. The standard InChI is InChI=1S/C52H46BF3N2O/c1-28-3-7-30(8-4-28)32-11-13-43-41(15-32)53-42-16-33(31-9-5-29(2)6-10-31)12-14-44(42)58(49-25-38-19-35-20-39(26-49)51(35,38)49)46-22-40(59-52(54,55)56)21-45(47(46)53)57(43)48-23-36-17-34-18-37(24-48)50(34,36)27-48/h3-16,21-22,34-39H,17-20,23-27H2,1-2H3. The number of fused-ring (bicyclic) bond motifs is 5. The van der Waals surface area contributed by atoms with Crippen LogP contribution >= 0.6 is 0 Å². The second-order valence-corrected chi connectivity index (χ2v) is 21.2. The summed E-state index contributed by atoms with van der Waals surface area (Å²) in [7, 11) is 0. The zero-order valence-electron chi connectivity index (χ0n) is 33.6. The van der Waals surface area contributed by atoms with Crippen LogP contribution < -0.4 is 30.9 Å². The summed E-state index contributed by atoms with van der Waals surface area (Å²) in [4.78, 5) is 5.27. The van der Waals surface area contributed by atoms with Crippen LogP contribution in [-0.4, -0.2) is 24.2 Å². The lowest BCUT2D eigenvalue weighted by Gasteiger charge is -2.92. The molecule has 3 nitrogen and oxygen atoms in total. The van der Waals surface area contributed by atoms with Gasteiger partial charge in [0.05, 0.1) is 5.54 Å². The van der Waals surface area contributed by atoms with Crippen LogP contribution in [0.5, 0.6) is 5.75 Å². The van der Waals surface area contributed by atoms with Gasteiger partial charge < -0.3 is 14.5 Å². The second-order valence-electron chi connectivity index (χ2n) is 21.2. The predicted octanol–water partition coefficient (Wildman–Crippen LogP) is 10.7. The molecule has 2 heterocycles. The third-order valence-electron chi connectivity index (χ3n) is 19.4. The molecule has 59 heavy (non-hydrogen) atoms. The van der Waals surface area contributed by atoms with E-state index < -0.39 is 6.36 Å². The quantitative estimate of drug-likeness (QED) is 0.165. The summed E-state index contributed by atoms with van der Waals surface area (Å²) < 4.78 is 48.8. The molecule has 0 N–H and O–H groups in total. The monoisotopic (exact) mass is 782 g/mol. The van der Waals surface area contributed by atoms with Crippen LogP contribution in [0.25, 0.3) is 22.3 Å². The van der Waals surface area contributed by atoms with Gasteiger partial charge >= 0.3 is 6.36 Å². The number of aryl methyl sites for hydroxylation is 2. The first kappa shape index (κ1) is 33.1. The fraction of sp³-hybridized carbons (Fsp3) is 0.423. The average Bonchev–Trinajstić information content (AvgIpc) is 3.66. The summed E-state index contributed by atoms with van der Waals surface area (Å²) in [6, 6.07) is 35.5. The fourth-order valence-electron chi connectivity index (χ4n) is 17.5. The van der Waals surface area contributed by atoms with E-state index in [2.05, 4.69) is 109 Å². The first-order valence-electron chi connectivity index (χ1n) is 22.5. The number of nitrogens with zero attached hydrogens (tertiary/aromatic N) is 2. The number of rotatable bonds is 5. The van der Waals surface area contributed by atoms with E-state index in [4.69, 9.17) is 4.74 Å². The van der Waals surface area contributed by atoms with Crippen molar-refractivity contribution < 1.29 is 17.9 Å². The molecule has 5 aromatic carbocycles. The number of ether oxygens (including phenoxy) is 1. The molecule has 8 fully saturated rings. The highest BCUT2D eigenvalue weighted by Crippen LogP contribution is 2.91. The van der Waals surface area contributed by atoms with Gasteiger partial charge in [-0.3, -0.25) is 0 Å². The van der Waals surface area contributed by atoms with Gasteiger partial charge in [0, 0.05) is 45.8 Å². The molecule has 15 rings (SSSR count). The maximum absolute atomic E-state index is 14.6. The van der Waals surface area contributed by atoms with Crippen molar-refractivity contribution in [2.24, 2.45) is 46.3 Å². The summed E-state index contributed by atoms with van der Waals surface area (Å²) in [6.45, 7) is 4.12. The van der Waals surface area contributed by atoms with E-state index in [9.17, 15) is 13.2 Å². The molecule has 2 aliphatic heterocycles. The fourth-order valence-corrected chi connectivity index (χ4v) is 17.5. The molecule has 0 amide bonds. The van der Waals surface area contributed by atoms with Crippen molar-refractivity contribution in [1.29, 1.82) is 0 Å². The predicted molar refractivity (Wildman–Crippen MR) is 228 cm³/mol. The topological polar surface area (TPSA) is 15.7 Å². The molecule has 0 saturated heterocycles. The Hall–Kier alpha value is -4.65. The molecule has 0 radical (unpaired) electrons. The Kier molecular flexibility index (Phi) is 5.67. The SMILES string of the molecule is Cc1ccc(-c2ccc3c(c2)B2c4cc(-c5ccc(C)cc5)ccc4N(C45CC6CC7CC(C4)C765)c4cc(OC(F)(F)F)cc(c42)N3C23CC4CC5CC(C2)C54C3)cc1. The Balaban J connectivity index is 1.02. The van der Waals surface area contributed by atoms with Crippen LogP contribution in [0.1, 0.15) is 68.9 Å². The molecule has 5 aromatic rings. The normalized spacial score (nSPS) is 37.1. The molecule has 10 aliphatic rings. The van der Waals surface area contributed by atoms with Crippen LogP contribution in [0.15, 0.2) is 97.1 Å². The molecule has 7 heteroatoms. The summed E-state index contributed by atoms with van der Waals surface area (Å²) >= 11 is 0. The van der Waals surface area contributed by atoms with E-state index in [-0.39, 0.29) is 23.5 Å². The molecule has 4 unspecified atom stereocenters. The highest BCUT2D eigenvalue weighted by Gasteiger charge is 2.89. The third kappa shape index (κ3) is 3.61. The van der Waals surface area contributed by atoms with E-state index in [0.717, 1.165) is 79.0 Å². The minimum Gasteiger partial charge on any atom is -0.406 e. The van der Waals surface area contributed by atoms with E-state index in [1.54, 1.807) is 0 Å². The van der Waals surface area contributed by atoms with Gasteiger partial charge in [-0.15, -0.1) is 13.2 Å². The number of alkyl halides is 3. The van der Waals surface area contributed by atoms with Gasteiger partial charge in [-0.05, 0) is 163 Å². The Labute approximate surface area is 344 Å². The van der Waals surface area contributed by atoms with Crippen molar-refractivity contribution in [3.63, 3.8) is 0 Å². The Morgan fingerprint density at radius 2 is 1.07 bits per heavy atom. The van der Waals surface area contributed by atoms with E-state index in [0.29, 0.717) is 10.8 Å². The lowest BCUT2D eigenvalue weighted by molar-refractivity contribution is -0.385. The lowest BCUT2D eigenvalue weighted by Crippen LogP contribution is -2.93. The van der Waals surface area contributed by atoms with Crippen molar-refractivity contribution in [3.05, 3.63) is 108 Å². The zero-order chi connectivity index (χ0) is 39.2. The van der Waals surface area contributed by atoms with Gasteiger partial charge in [0.15, 0.2) is 0 Å². The molecule has 8 saturated carbocycles. The number of hydrogen-bond donors (Lipinski definition) is 0. The number of hydrogen-bond acceptors (Lipinski definition) is 3. The van der Waals surface area contributed by atoms with Gasteiger partial charge in [-0.1, -0.05) is 83.9 Å². The van der Waals surface area contributed by atoms with Crippen LogP contribution in [0.4, 0.5) is 35.9 Å². The maximum Gasteiger partial charge on any atom is 0.573 e. The van der Waals surface area contributed by atoms with Crippen LogP contribution in [-0.2, 0) is 0 Å². The van der Waals surface area contributed by atoms with Crippen LogP contribution in [0.2, 0.25) is 0 Å². The Morgan fingerprint density at radius 3 is 1.56 bits per heavy atom. The number of benzene rings is 5. The molecule has 2 bridgehead atoms. The molecule has 4 atom stereocenters. The highest BCUT2D eigenvalue weighted by molar-refractivity contribution is 7.00. The van der Waals surface area contributed by atoms with Crippen LogP contribution in [0.3, 0.4) is 0 Å². The largest absolute Gasteiger partial charge is 0.573 e. The van der Waals surface area contributed by atoms with Crippen molar-refractivity contribution in [2.45, 2.75) is 89.1 Å². The number of halogens is 3. The average molecular weight is 783 g/mol. The van der Waals surface area contributed by atoms with Crippen molar-refractivity contribution in [1.82, 2.24) is 0 Å². The van der Waals surface area contributed by atoms with E-state index >= 15 is 0 Å². The van der Waals surface area contributed by atoms with Crippen LogP contribution in [0, 0.1) is 60.2 Å². The third-order valence-corrected chi connectivity index (χ3v) is 19.4. The first-order chi connectivity index (χ1) is 28.5. The van der Waals surface area contributed by atoms with E-state index in [1.807, 2.05) is 12.1 Å². The number of anilines is 4. The van der Waals surface area contributed by atoms with Gasteiger partial charge in [0.2, 0.25) is 0 Å². The smallest absolute Gasteiger partial charge is 0.406 e. The summed E-state index contributed by atoms with van der Waals surface area (Å²) in [5.41, 5.74) is 15.8. The highest BCUT2D eigenvalue weighted by atomic mass is 19.4. The second kappa shape index (κ2) is 10.1. The molecule has 8 aliphatic carbocycles. The van der Waals surface area contributed by atoms with Gasteiger partial charge in [0.1, 0.15) is 5.75 Å². The van der Waals surface area contributed by atoms with Gasteiger partial charge in [0.25, 0.3) is 6.71 Å². The van der Waals surface area contributed by atoms with Crippen molar-refractivity contribution >= 4 is 45.9 Å². The summed E-state index contributed by atoms with van der Waals surface area (Å²) in [5.74, 6) is 4.41. The minimum absolute atomic E-state index is 0.0719. The lowest BCUT2D eigenvalue weighted by atomic mass is 9.15. The Bertz CT molecular complexity index is 2700. The van der Waals surface area contributed by atoms with Crippen molar-refractivity contribution in [2.75, 3.05) is 9.80 Å². The van der Waals surface area contributed by atoms with Gasteiger partial charge in [-0.2, -0.15) is 0 Å². The Morgan fingerprint density at radius 1 is 0.559 bits per heavy atom. The van der Waals surface area contributed by atoms with Crippen molar-refractivity contribution in [3.8, 4) is 28.0 Å². The van der Waals surface area contributed by atoms with E-state index in [1.165, 1.54) is 86.8 Å². The molecule has 0 aromatic heterocycles.